The van der Waals surface area contributed by atoms with E-state index >= 15 is 0 Å². The van der Waals surface area contributed by atoms with Crippen LogP contribution in [-0.4, -0.2) is 29.0 Å². The van der Waals surface area contributed by atoms with Crippen LogP contribution in [-0.2, 0) is 0 Å². The lowest BCUT2D eigenvalue weighted by atomic mass is 10.0. The number of hydrogen-bond acceptors (Lipinski definition) is 2. The Morgan fingerprint density at radius 3 is 2.58 bits per heavy atom. The highest BCUT2D eigenvalue weighted by atomic mass is 16.2. The van der Waals surface area contributed by atoms with Crippen molar-refractivity contribution in [2.24, 2.45) is 11.8 Å². The average molecular weight is 259 g/mol. The summed E-state index contributed by atoms with van der Waals surface area (Å²) in [7, 11) is 0. The zero-order valence-electron chi connectivity index (χ0n) is 11.6. The molecule has 1 N–H and O–H groups in total. The zero-order chi connectivity index (χ0) is 13.4. The Morgan fingerprint density at radius 2 is 1.95 bits per heavy atom. The van der Waals surface area contributed by atoms with Gasteiger partial charge < -0.3 is 4.90 Å². The number of amides is 2. The summed E-state index contributed by atoms with van der Waals surface area (Å²) in [5.74, 6) is 2.13. The van der Waals surface area contributed by atoms with Crippen LogP contribution in [0.1, 0.15) is 30.5 Å². The Labute approximate surface area is 114 Å². The molecule has 102 valence electrons. The quantitative estimate of drug-likeness (QED) is 0.842. The molecule has 4 heteroatoms. The van der Waals surface area contributed by atoms with Crippen molar-refractivity contribution in [2.75, 3.05) is 18.4 Å². The van der Waals surface area contributed by atoms with Gasteiger partial charge in [-0.3, -0.25) is 5.32 Å². The number of anilines is 1. The number of likely N-dealkylation sites (tertiary alicyclic amines) is 1. The number of aromatic nitrogens is 1. The molecular formula is C15H21N3O. The van der Waals surface area contributed by atoms with E-state index in [-0.39, 0.29) is 6.03 Å². The molecule has 2 fully saturated rings. The van der Waals surface area contributed by atoms with Crippen LogP contribution in [0.15, 0.2) is 12.1 Å². The van der Waals surface area contributed by atoms with Gasteiger partial charge in [-0.2, -0.15) is 0 Å². The van der Waals surface area contributed by atoms with Gasteiger partial charge >= 0.3 is 6.03 Å². The van der Waals surface area contributed by atoms with Crippen LogP contribution in [0.25, 0.3) is 0 Å². The first-order valence-corrected chi connectivity index (χ1v) is 7.13. The van der Waals surface area contributed by atoms with Gasteiger partial charge in [0.1, 0.15) is 5.82 Å². The Bertz CT molecular complexity index is 468. The normalized spacial score (nSPS) is 25.5. The molecule has 19 heavy (non-hydrogen) atoms. The predicted molar refractivity (Wildman–Crippen MR) is 75.1 cm³/mol. The minimum absolute atomic E-state index is 0.00639. The maximum absolute atomic E-state index is 12.2. The van der Waals surface area contributed by atoms with Gasteiger partial charge in [0.25, 0.3) is 0 Å². The van der Waals surface area contributed by atoms with Crippen molar-refractivity contribution in [1.82, 2.24) is 9.88 Å². The second-order valence-corrected chi connectivity index (χ2v) is 5.96. The molecule has 1 aliphatic carbocycles. The summed E-state index contributed by atoms with van der Waals surface area (Å²) in [6.45, 7) is 5.80. The van der Waals surface area contributed by atoms with Gasteiger partial charge in [-0.1, -0.05) is 6.42 Å². The van der Waals surface area contributed by atoms with Crippen LogP contribution in [0.5, 0.6) is 0 Å². The molecule has 4 nitrogen and oxygen atoms in total. The number of fused-ring (bicyclic) bond motifs is 1. The molecule has 1 aliphatic heterocycles. The lowest BCUT2D eigenvalue weighted by Crippen LogP contribution is -2.34. The first-order valence-electron chi connectivity index (χ1n) is 7.13. The van der Waals surface area contributed by atoms with Crippen molar-refractivity contribution >= 4 is 11.8 Å². The Hall–Kier alpha value is -1.58. The molecule has 2 aliphatic rings. The number of rotatable bonds is 1. The monoisotopic (exact) mass is 259 g/mol. The number of pyridine rings is 1. The lowest BCUT2D eigenvalue weighted by Gasteiger charge is -2.18. The van der Waals surface area contributed by atoms with Crippen molar-refractivity contribution < 1.29 is 4.79 Å². The van der Waals surface area contributed by atoms with Crippen molar-refractivity contribution in [3.63, 3.8) is 0 Å². The summed E-state index contributed by atoms with van der Waals surface area (Å²) in [6, 6.07) is 3.93. The van der Waals surface area contributed by atoms with Crippen LogP contribution < -0.4 is 5.32 Å². The summed E-state index contributed by atoms with van der Waals surface area (Å²) in [6.07, 6.45) is 3.91. The molecule has 0 bridgehead atoms. The van der Waals surface area contributed by atoms with Crippen molar-refractivity contribution in [1.29, 1.82) is 0 Å². The first-order chi connectivity index (χ1) is 9.11. The van der Waals surface area contributed by atoms with Crippen LogP contribution in [0.4, 0.5) is 10.6 Å². The number of nitrogens with one attached hydrogen (secondary N) is 1. The van der Waals surface area contributed by atoms with E-state index in [0.29, 0.717) is 5.82 Å². The number of aryl methyl sites for hydroxylation is 2. The second kappa shape index (κ2) is 4.83. The van der Waals surface area contributed by atoms with Crippen molar-refractivity contribution in [3.05, 3.63) is 23.4 Å². The molecule has 1 aromatic rings. The number of nitrogens with zero attached hydrogens (tertiary/aromatic N) is 2. The third-order valence-electron chi connectivity index (χ3n) is 4.35. The molecule has 0 aromatic carbocycles. The van der Waals surface area contributed by atoms with E-state index < -0.39 is 0 Å². The zero-order valence-corrected chi connectivity index (χ0v) is 11.6. The fraction of sp³-hybridized carbons (Fsp3) is 0.600. The Morgan fingerprint density at radius 1 is 1.26 bits per heavy atom. The first kappa shape index (κ1) is 12.5. The molecular weight excluding hydrogens is 238 g/mol. The van der Waals surface area contributed by atoms with Gasteiger partial charge in [0, 0.05) is 18.8 Å². The summed E-state index contributed by atoms with van der Waals surface area (Å²) in [5.41, 5.74) is 2.06. The molecule has 1 saturated carbocycles. The SMILES string of the molecule is Cc1cc(C)nc(NC(=O)N2C[C@H]3CCC[C@@H]3C2)c1. The van der Waals surface area contributed by atoms with E-state index in [9.17, 15) is 4.79 Å². The number of carbonyl (C=O) groups is 1. The van der Waals surface area contributed by atoms with E-state index in [1.807, 2.05) is 30.9 Å². The molecule has 2 amide bonds. The largest absolute Gasteiger partial charge is 0.324 e. The molecule has 2 heterocycles. The third-order valence-corrected chi connectivity index (χ3v) is 4.35. The minimum Gasteiger partial charge on any atom is -0.324 e. The van der Waals surface area contributed by atoms with Gasteiger partial charge in [0.05, 0.1) is 0 Å². The molecule has 0 radical (unpaired) electrons. The number of hydrogen-bond donors (Lipinski definition) is 1. The molecule has 0 unspecified atom stereocenters. The summed E-state index contributed by atoms with van der Waals surface area (Å²) < 4.78 is 0. The van der Waals surface area contributed by atoms with Crippen LogP contribution in [0.3, 0.4) is 0 Å². The number of urea groups is 1. The van der Waals surface area contributed by atoms with E-state index in [4.69, 9.17) is 0 Å². The maximum Gasteiger partial charge on any atom is 0.323 e. The molecule has 1 saturated heterocycles. The lowest BCUT2D eigenvalue weighted by molar-refractivity contribution is 0.218. The molecule has 1 aromatic heterocycles. The molecule has 3 rings (SSSR count). The van der Waals surface area contributed by atoms with E-state index in [1.165, 1.54) is 19.3 Å². The molecule has 2 atom stereocenters. The van der Waals surface area contributed by atoms with Crippen LogP contribution in [0, 0.1) is 25.7 Å². The predicted octanol–water partition coefficient (Wildman–Crippen LogP) is 2.96. The van der Waals surface area contributed by atoms with Gasteiger partial charge in [-0.15, -0.1) is 0 Å². The Kier molecular flexibility index (Phi) is 3.17. The van der Waals surface area contributed by atoms with E-state index in [1.54, 1.807) is 0 Å². The Balaban J connectivity index is 1.65. The minimum atomic E-state index is 0.00639. The van der Waals surface area contributed by atoms with E-state index in [2.05, 4.69) is 10.3 Å². The fourth-order valence-corrected chi connectivity index (χ4v) is 3.49. The van der Waals surface area contributed by atoms with Gasteiger partial charge in [-0.05, 0) is 56.2 Å². The number of carbonyl (C=O) groups excluding carboxylic acids is 1. The van der Waals surface area contributed by atoms with Crippen LogP contribution in [0.2, 0.25) is 0 Å². The highest BCUT2D eigenvalue weighted by Gasteiger charge is 2.38. The van der Waals surface area contributed by atoms with E-state index in [0.717, 1.165) is 36.2 Å². The van der Waals surface area contributed by atoms with Gasteiger partial charge in [-0.25, -0.2) is 9.78 Å². The van der Waals surface area contributed by atoms with Gasteiger partial charge in [0.15, 0.2) is 0 Å². The van der Waals surface area contributed by atoms with Crippen molar-refractivity contribution in [3.8, 4) is 0 Å². The van der Waals surface area contributed by atoms with Gasteiger partial charge in [0.2, 0.25) is 0 Å². The fourth-order valence-electron chi connectivity index (χ4n) is 3.49. The highest BCUT2D eigenvalue weighted by Crippen LogP contribution is 2.37. The highest BCUT2D eigenvalue weighted by molar-refractivity contribution is 5.88. The topological polar surface area (TPSA) is 45.2 Å². The summed E-state index contributed by atoms with van der Waals surface area (Å²) in [5, 5.41) is 2.93. The average Bonchev–Trinajstić information content (AvgIpc) is 2.86. The maximum atomic E-state index is 12.2. The second-order valence-electron chi connectivity index (χ2n) is 5.96. The smallest absolute Gasteiger partial charge is 0.323 e. The summed E-state index contributed by atoms with van der Waals surface area (Å²) >= 11 is 0. The third kappa shape index (κ3) is 2.57. The van der Waals surface area contributed by atoms with Crippen molar-refractivity contribution in [2.45, 2.75) is 33.1 Å². The standard InChI is InChI=1S/C15H21N3O/c1-10-6-11(2)16-14(7-10)17-15(19)18-8-12-4-3-5-13(12)9-18/h6-7,12-13H,3-5,8-9H2,1-2H3,(H,16,17,19)/t12-,13-/m1/s1. The van der Waals surface area contributed by atoms with Crippen LogP contribution >= 0.6 is 0 Å². The molecule has 0 spiro atoms. The summed E-state index contributed by atoms with van der Waals surface area (Å²) in [4.78, 5) is 18.6.